The maximum absolute atomic E-state index is 12.7. The first kappa shape index (κ1) is 15.6. The van der Waals surface area contributed by atoms with Gasteiger partial charge in [0.2, 0.25) is 0 Å². The lowest BCUT2D eigenvalue weighted by Gasteiger charge is -2.14. The van der Waals surface area contributed by atoms with Crippen molar-refractivity contribution in [3.05, 3.63) is 63.9 Å². The zero-order valence-corrected chi connectivity index (χ0v) is 12.1. The Hall–Kier alpha value is -1.82. The lowest BCUT2D eigenvalue weighted by molar-refractivity contribution is -0.129. The van der Waals surface area contributed by atoms with Gasteiger partial charge >= 0.3 is 0 Å². The van der Waals surface area contributed by atoms with E-state index in [4.69, 9.17) is 23.2 Å². The van der Waals surface area contributed by atoms with Crippen LogP contribution in [0.15, 0.2) is 42.5 Å². The van der Waals surface area contributed by atoms with Crippen molar-refractivity contribution in [2.45, 2.75) is 6.10 Å². The van der Waals surface area contributed by atoms with E-state index in [2.05, 4.69) is 10.9 Å². The number of carbonyl (C=O) groups is 1. The third kappa shape index (κ3) is 4.32. The van der Waals surface area contributed by atoms with Crippen molar-refractivity contribution in [1.82, 2.24) is 5.43 Å². The molecule has 0 radical (unpaired) electrons. The van der Waals surface area contributed by atoms with Gasteiger partial charge in [0.05, 0.1) is 5.69 Å². The second-order valence-electron chi connectivity index (χ2n) is 4.23. The highest BCUT2D eigenvalue weighted by molar-refractivity contribution is 6.34. The summed E-state index contributed by atoms with van der Waals surface area (Å²) in [6, 6.07) is 9.74. The quantitative estimate of drug-likeness (QED) is 0.754. The average Bonchev–Trinajstić information content (AvgIpc) is 2.44. The topological polar surface area (TPSA) is 61.4 Å². The molecular formula is C14H11Cl2FN2O2. The van der Waals surface area contributed by atoms with Crippen LogP contribution in [-0.4, -0.2) is 11.0 Å². The standard InChI is InChI=1S/C14H11Cl2FN2O2/c15-9-5-8(6-10(16)7-9)13(20)14(21)19-18-12-3-1-11(17)2-4-12/h1-7,13,18,20H,(H,19,21). The number of benzene rings is 2. The Balaban J connectivity index is 2.00. The van der Waals surface area contributed by atoms with E-state index < -0.39 is 12.0 Å². The lowest BCUT2D eigenvalue weighted by Crippen LogP contribution is -2.33. The second kappa shape index (κ2) is 6.76. The molecule has 4 nitrogen and oxygen atoms in total. The first-order valence-electron chi connectivity index (χ1n) is 5.91. The average molecular weight is 329 g/mol. The van der Waals surface area contributed by atoms with Crippen LogP contribution in [0.3, 0.4) is 0 Å². The maximum Gasteiger partial charge on any atom is 0.271 e. The van der Waals surface area contributed by atoms with E-state index >= 15 is 0 Å². The molecule has 0 fully saturated rings. The summed E-state index contributed by atoms with van der Waals surface area (Å²) in [5, 5.41) is 10.6. The number of nitrogens with one attached hydrogen (secondary N) is 2. The van der Waals surface area contributed by atoms with Crippen molar-refractivity contribution < 1.29 is 14.3 Å². The fraction of sp³-hybridized carbons (Fsp3) is 0.0714. The number of hydrogen-bond acceptors (Lipinski definition) is 3. The molecule has 3 N–H and O–H groups in total. The Bertz CT molecular complexity index is 630. The van der Waals surface area contributed by atoms with Gasteiger partial charge in [-0.25, -0.2) is 4.39 Å². The highest BCUT2D eigenvalue weighted by Crippen LogP contribution is 2.23. The summed E-state index contributed by atoms with van der Waals surface area (Å²) >= 11 is 11.6. The number of aliphatic hydroxyl groups excluding tert-OH is 1. The van der Waals surface area contributed by atoms with Gasteiger partial charge in [-0.2, -0.15) is 0 Å². The molecule has 110 valence electrons. The van der Waals surface area contributed by atoms with Crippen LogP contribution in [0.5, 0.6) is 0 Å². The van der Waals surface area contributed by atoms with Crippen molar-refractivity contribution in [3.8, 4) is 0 Å². The summed E-state index contributed by atoms with van der Waals surface area (Å²) in [5.74, 6) is -1.09. The largest absolute Gasteiger partial charge is 0.378 e. The summed E-state index contributed by atoms with van der Waals surface area (Å²) < 4.78 is 12.7. The van der Waals surface area contributed by atoms with Gasteiger partial charge < -0.3 is 5.11 Å². The molecule has 2 aromatic carbocycles. The van der Waals surface area contributed by atoms with E-state index in [0.29, 0.717) is 15.7 Å². The van der Waals surface area contributed by atoms with Crippen LogP contribution >= 0.6 is 23.2 Å². The maximum atomic E-state index is 12.7. The van der Waals surface area contributed by atoms with E-state index in [9.17, 15) is 14.3 Å². The zero-order chi connectivity index (χ0) is 15.4. The van der Waals surface area contributed by atoms with Gasteiger partial charge in [0.1, 0.15) is 5.82 Å². The van der Waals surface area contributed by atoms with Crippen LogP contribution in [-0.2, 0) is 4.79 Å². The van der Waals surface area contributed by atoms with Crippen LogP contribution in [0.4, 0.5) is 10.1 Å². The molecule has 0 spiro atoms. The molecule has 0 heterocycles. The van der Waals surface area contributed by atoms with Crippen molar-refractivity contribution >= 4 is 34.8 Å². The van der Waals surface area contributed by atoms with E-state index in [0.717, 1.165) is 0 Å². The van der Waals surface area contributed by atoms with Crippen LogP contribution < -0.4 is 10.9 Å². The summed E-state index contributed by atoms with van der Waals surface area (Å²) in [6.07, 6.45) is -1.44. The third-order valence-electron chi connectivity index (χ3n) is 2.62. The predicted molar refractivity (Wildman–Crippen MR) is 79.6 cm³/mol. The van der Waals surface area contributed by atoms with Crippen LogP contribution in [0.25, 0.3) is 0 Å². The van der Waals surface area contributed by atoms with Crippen molar-refractivity contribution in [1.29, 1.82) is 0 Å². The Morgan fingerprint density at radius 3 is 2.24 bits per heavy atom. The first-order valence-corrected chi connectivity index (χ1v) is 6.67. The van der Waals surface area contributed by atoms with Crippen molar-refractivity contribution in [3.63, 3.8) is 0 Å². The van der Waals surface area contributed by atoms with E-state index in [-0.39, 0.29) is 11.4 Å². The number of hydrogen-bond donors (Lipinski definition) is 3. The van der Waals surface area contributed by atoms with Crippen LogP contribution in [0, 0.1) is 5.82 Å². The molecule has 2 rings (SSSR count). The van der Waals surface area contributed by atoms with Gasteiger partial charge in [-0.3, -0.25) is 15.6 Å². The predicted octanol–water partition coefficient (Wildman–Crippen LogP) is 3.31. The van der Waals surface area contributed by atoms with Gasteiger partial charge in [-0.05, 0) is 48.0 Å². The number of aliphatic hydroxyl groups is 1. The van der Waals surface area contributed by atoms with E-state index in [1.807, 2.05) is 0 Å². The molecule has 2 aromatic rings. The van der Waals surface area contributed by atoms with Crippen molar-refractivity contribution in [2.24, 2.45) is 0 Å². The number of hydrazine groups is 1. The Morgan fingerprint density at radius 1 is 1.10 bits per heavy atom. The lowest BCUT2D eigenvalue weighted by atomic mass is 10.1. The fourth-order valence-electron chi connectivity index (χ4n) is 1.62. The smallest absolute Gasteiger partial charge is 0.271 e. The summed E-state index contributed by atoms with van der Waals surface area (Å²) in [6.45, 7) is 0. The van der Waals surface area contributed by atoms with Gasteiger partial charge in [-0.15, -0.1) is 0 Å². The monoisotopic (exact) mass is 328 g/mol. The summed E-state index contributed by atoms with van der Waals surface area (Å²) in [7, 11) is 0. The Morgan fingerprint density at radius 2 is 1.67 bits per heavy atom. The molecule has 1 amide bonds. The second-order valence-corrected chi connectivity index (χ2v) is 5.10. The zero-order valence-electron chi connectivity index (χ0n) is 10.6. The van der Waals surface area contributed by atoms with Gasteiger partial charge in [0, 0.05) is 10.0 Å². The molecular weight excluding hydrogens is 318 g/mol. The molecule has 0 aromatic heterocycles. The third-order valence-corrected chi connectivity index (χ3v) is 3.06. The van der Waals surface area contributed by atoms with Crippen LogP contribution in [0.1, 0.15) is 11.7 Å². The molecule has 1 unspecified atom stereocenters. The number of amides is 1. The first-order chi connectivity index (χ1) is 9.95. The summed E-state index contributed by atoms with van der Waals surface area (Å²) in [5.41, 5.74) is 5.61. The number of halogens is 3. The molecule has 0 aliphatic carbocycles. The molecule has 7 heteroatoms. The van der Waals surface area contributed by atoms with Gasteiger partial charge in [0.15, 0.2) is 6.10 Å². The molecule has 21 heavy (non-hydrogen) atoms. The normalized spacial score (nSPS) is 11.8. The van der Waals surface area contributed by atoms with E-state index in [1.165, 1.54) is 42.5 Å². The van der Waals surface area contributed by atoms with Gasteiger partial charge in [-0.1, -0.05) is 23.2 Å². The van der Waals surface area contributed by atoms with E-state index in [1.54, 1.807) is 0 Å². The minimum atomic E-state index is -1.44. The Labute approximate surface area is 130 Å². The fourth-order valence-corrected chi connectivity index (χ4v) is 2.16. The SMILES string of the molecule is O=C(NNc1ccc(F)cc1)C(O)c1cc(Cl)cc(Cl)c1. The highest BCUT2D eigenvalue weighted by atomic mass is 35.5. The number of rotatable bonds is 4. The molecule has 0 saturated carbocycles. The van der Waals surface area contributed by atoms with Crippen molar-refractivity contribution in [2.75, 3.05) is 5.43 Å². The Kier molecular flexibility index (Phi) is 5.01. The van der Waals surface area contributed by atoms with Gasteiger partial charge in [0.25, 0.3) is 5.91 Å². The highest BCUT2D eigenvalue weighted by Gasteiger charge is 2.18. The minimum absolute atomic E-state index is 0.269. The molecule has 0 saturated heterocycles. The number of carbonyl (C=O) groups excluding carboxylic acids is 1. The minimum Gasteiger partial charge on any atom is -0.378 e. The summed E-state index contributed by atoms with van der Waals surface area (Å²) in [4.78, 5) is 11.8. The van der Waals surface area contributed by atoms with Crippen LogP contribution in [0.2, 0.25) is 10.0 Å². The molecule has 0 aliphatic heterocycles. The molecule has 0 aliphatic rings. The number of anilines is 1. The molecule has 1 atom stereocenters. The molecule has 0 bridgehead atoms.